The third-order valence-electron chi connectivity index (χ3n) is 3.41. The first-order chi connectivity index (χ1) is 11.4. The normalized spacial score (nSPS) is 12.3. The molecular weight excluding hydrogens is 311 g/mol. The largest absolute Gasteiger partial charge is 0.507 e. The molecule has 0 bridgehead atoms. The summed E-state index contributed by atoms with van der Waals surface area (Å²) >= 11 is 0. The standard InChI is InChI=1S/C18H19FN2O3/c1-11-3-5-15(17(23)7-11)18(24)21-9-12(2)20-10-13-8-14(19)4-6-16(13)22/h3-8,10,12,22-23H,9H2,1-2H3,(H,21,24). The van der Waals surface area contributed by atoms with Gasteiger partial charge < -0.3 is 15.5 Å². The van der Waals surface area contributed by atoms with Gasteiger partial charge in [-0.2, -0.15) is 0 Å². The Labute approximate surface area is 139 Å². The molecule has 0 fully saturated rings. The maximum Gasteiger partial charge on any atom is 0.255 e. The fraction of sp³-hybridized carbons (Fsp3) is 0.222. The molecule has 2 aromatic carbocycles. The summed E-state index contributed by atoms with van der Waals surface area (Å²) in [7, 11) is 0. The second-order valence-electron chi connectivity index (χ2n) is 5.56. The van der Waals surface area contributed by atoms with E-state index in [-0.39, 0.29) is 35.2 Å². The zero-order chi connectivity index (χ0) is 17.7. The van der Waals surface area contributed by atoms with Gasteiger partial charge in [-0.25, -0.2) is 4.39 Å². The summed E-state index contributed by atoms with van der Waals surface area (Å²) in [5.74, 6) is -1.01. The number of aliphatic imine (C=N–C) groups is 1. The van der Waals surface area contributed by atoms with Crippen molar-refractivity contribution < 1.29 is 19.4 Å². The molecule has 1 unspecified atom stereocenters. The highest BCUT2D eigenvalue weighted by molar-refractivity contribution is 5.96. The molecule has 6 heteroatoms. The number of carbonyl (C=O) groups is 1. The molecule has 0 saturated carbocycles. The van der Waals surface area contributed by atoms with Crippen molar-refractivity contribution in [3.63, 3.8) is 0 Å². The molecule has 0 heterocycles. The van der Waals surface area contributed by atoms with Crippen LogP contribution >= 0.6 is 0 Å². The molecule has 0 radical (unpaired) electrons. The maximum atomic E-state index is 13.1. The van der Waals surface area contributed by atoms with E-state index in [1.807, 2.05) is 6.92 Å². The summed E-state index contributed by atoms with van der Waals surface area (Å²) in [5.41, 5.74) is 1.32. The minimum atomic E-state index is -0.468. The summed E-state index contributed by atoms with van der Waals surface area (Å²) in [5, 5.41) is 22.1. The molecule has 0 spiro atoms. The van der Waals surface area contributed by atoms with Crippen LogP contribution in [0.5, 0.6) is 11.5 Å². The van der Waals surface area contributed by atoms with Crippen LogP contribution in [0.1, 0.15) is 28.4 Å². The number of aromatic hydroxyl groups is 2. The lowest BCUT2D eigenvalue weighted by atomic mass is 10.1. The third kappa shape index (κ3) is 4.55. The maximum absolute atomic E-state index is 13.1. The smallest absolute Gasteiger partial charge is 0.255 e. The molecule has 126 valence electrons. The second kappa shape index (κ2) is 7.59. The third-order valence-corrected chi connectivity index (χ3v) is 3.41. The van der Waals surface area contributed by atoms with Crippen LogP contribution in [0.2, 0.25) is 0 Å². The molecule has 1 amide bonds. The second-order valence-corrected chi connectivity index (χ2v) is 5.56. The Kier molecular flexibility index (Phi) is 5.52. The van der Waals surface area contributed by atoms with Gasteiger partial charge in [0.05, 0.1) is 11.6 Å². The average molecular weight is 330 g/mol. The van der Waals surface area contributed by atoms with Gasteiger partial charge in [0.2, 0.25) is 0 Å². The number of hydrogen-bond acceptors (Lipinski definition) is 4. The molecule has 0 aliphatic carbocycles. The lowest BCUT2D eigenvalue weighted by Crippen LogP contribution is -2.30. The van der Waals surface area contributed by atoms with Gasteiger partial charge in [-0.1, -0.05) is 6.07 Å². The van der Waals surface area contributed by atoms with Crippen molar-refractivity contribution in [3.05, 3.63) is 58.9 Å². The summed E-state index contributed by atoms with van der Waals surface area (Å²) in [6, 6.07) is 8.11. The van der Waals surface area contributed by atoms with Gasteiger partial charge in [0.15, 0.2) is 0 Å². The van der Waals surface area contributed by atoms with Gasteiger partial charge in [0.25, 0.3) is 5.91 Å². The predicted octanol–water partition coefficient (Wildman–Crippen LogP) is 2.78. The Balaban J connectivity index is 1.95. The Bertz CT molecular complexity index is 775. The molecule has 0 aromatic heterocycles. The first-order valence-electron chi connectivity index (χ1n) is 7.46. The van der Waals surface area contributed by atoms with Crippen molar-refractivity contribution in [1.82, 2.24) is 5.32 Å². The first-order valence-corrected chi connectivity index (χ1v) is 7.46. The zero-order valence-corrected chi connectivity index (χ0v) is 13.5. The van der Waals surface area contributed by atoms with Gasteiger partial charge in [0, 0.05) is 18.3 Å². The number of halogens is 1. The number of amides is 1. The highest BCUT2D eigenvalue weighted by atomic mass is 19.1. The van der Waals surface area contributed by atoms with Crippen molar-refractivity contribution in [2.75, 3.05) is 6.54 Å². The fourth-order valence-corrected chi connectivity index (χ4v) is 2.06. The molecule has 0 aliphatic heterocycles. The van der Waals surface area contributed by atoms with Crippen molar-refractivity contribution >= 4 is 12.1 Å². The Morgan fingerprint density at radius 3 is 2.71 bits per heavy atom. The molecule has 0 aliphatic rings. The zero-order valence-electron chi connectivity index (χ0n) is 13.5. The van der Waals surface area contributed by atoms with E-state index < -0.39 is 11.7 Å². The van der Waals surface area contributed by atoms with Crippen LogP contribution in [0.15, 0.2) is 41.4 Å². The van der Waals surface area contributed by atoms with Crippen LogP contribution in [-0.4, -0.2) is 34.9 Å². The minimum absolute atomic E-state index is 0.0686. The van der Waals surface area contributed by atoms with Crippen LogP contribution in [0.3, 0.4) is 0 Å². The SMILES string of the molecule is Cc1ccc(C(=O)NCC(C)N=Cc2cc(F)ccc2O)c(O)c1. The van der Waals surface area contributed by atoms with Crippen molar-refractivity contribution in [2.45, 2.75) is 19.9 Å². The van der Waals surface area contributed by atoms with E-state index in [0.717, 1.165) is 11.6 Å². The van der Waals surface area contributed by atoms with Crippen LogP contribution in [-0.2, 0) is 0 Å². The Hall–Kier alpha value is -2.89. The Morgan fingerprint density at radius 2 is 2.00 bits per heavy atom. The van der Waals surface area contributed by atoms with Crippen molar-refractivity contribution in [3.8, 4) is 11.5 Å². The van der Waals surface area contributed by atoms with E-state index in [4.69, 9.17) is 0 Å². The van der Waals surface area contributed by atoms with E-state index in [0.29, 0.717) is 0 Å². The predicted molar refractivity (Wildman–Crippen MR) is 90.3 cm³/mol. The molecule has 24 heavy (non-hydrogen) atoms. The van der Waals surface area contributed by atoms with Crippen molar-refractivity contribution in [1.29, 1.82) is 0 Å². The minimum Gasteiger partial charge on any atom is -0.507 e. The molecule has 2 rings (SSSR count). The van der Waals surface area contributed by atoms with E-state index in [2.05, 4.69) is 10.3 Å². The van der Waals surface area contributed by atoms with E-state index in [1.54, 1.807) is 19.1 Å². The Morgan fingerprint density at radius 1 is 1.25 bits per heavy atom. The summed E-state index contributed by atoms with van der Waals surface area (Å²) < 4.78 is 13.1. The quantitative estimate of drug-likeness (QED) is 0.737. The van der Waals surface area contributed by atoms with Crippen LogP contribution in [0.25, 0.3) is 0 Å². The summed E-state index contributed by atoms with van der Waals surface area (Å²) in [6.07, 6.45) is 1.36. The highest BCUT2D eigenvalue weighted by Gasteiger charge is 2.11. The number of nitrogens with zero attached hydrogens (tertiary/aromatic N) is 1. The van der Waals surface area contributed by atoms with Crippen molar-refractivity contribution in [2.24, 2.45) is 4.99 Å². The molecule has 2 aromatic rings. The van der Waals surface area contributed by atoms with E-state index in [1.165, 1.54) is 24.4 Å². The number of rotatable bonds is 5. The van der Waals surface area contributed by atoms with Gasteiger partial charge in [0.1, 0.15) is 17.3 Å². The number of carbonyl (C=O) groups excluding carboxylic acids is 1. The van der Waals surface area contributed by atoms with E-state index in [9.17, 15) is 19.4 Å². The number of aryl methyl sites for hydroxylation is 1. The molecular formula is C18H19FN2O3. The van der Waals surface area contributed by atoms with Crippen LogP contribution < -0.4 is 5.32 Å². The number of benzene rings is 2. The van der Waals surface area contributed by atoms with Gasteiger partial charge in [-0.05, 0) is 49.7 Å². The van der Waals surface area contributed by atoms with Gasteiger partial charge in [-0.3, -0.25) is 9.79 Å². The summed E-state index contributed by atoms with van der Waals surface area (Å²) in [4.78, 5) is 16.2. The van der Waals surface area contributed by atoms with E-state index >= 15 is 0 Å². The average Bonchev–Trinajstić information content (AvgIpc) is 2.53. The topological polar surface area (TPSA) is 81.9 Å². The highest BCUT2D eigenvalue weighted by Crippen LogP contribution is 2.18. The summed E-state index contributed by atoms with van der Waals surface area (Å²) in [6.45, 7) is 3.82. The number of nitrogens with one attached hydrogen (secondary N) is 1. The van der Waals surface area contributed by atoms with Gasteiger partial charge >= 0.3 is 0 Å². The monoisotopic (exact) mass is 330 g/mol. The number of phenols is 2. The fourth-order valence-electron chi connectivity index (χ4n) is 2.06. The van der Waals surface area contributed by atoms with Crippen LogP contribution in [0, 0.1) is 12.7 Å². The van der Waals surface area contributed by atoms with Crippen LogP contribution in [0.4, 0.5) is 4.39 Å². The molecule has 0 saturated heterocycles. The lowest BCUT2D eigenvalue weighted by molar-refractivity contribution is 0.0949. The molecule has 5 nitrogen and oxygen atoms in total. The first kappa shape index (κ1) is 17.5. The van der Waals surface area contributed by atoms with Gasteiger partial charge in [-0.15, -0.1) is 0 Å². The molecule has 1 atom stereocenters. The molecule has 3 N–H and O–H groups in total. The lowest BCUT2D eigenvalue weighted by Gasteiger charge is -2.10. The number of hydrogen-bond donors (Lipinski definition) is 3. The number of phenolic OH excluding ortho intramolecular Hbond substituents is 2.